The molecule has 0 bridgehead atoms. The smallest absolute Gasteiger partial charge is 0.252 e. The van der Waals surface area contributed by atoms with Gasteiger partial charge in [0.2, 0.25) is 0 Å². The molecular formula is C15H17NO2S. The van der Waals surface area contributed by atoms with E-state index in [0.717, 1.165) is 23.3 Å². The molecule has 0 atom stereocenters. The Hall–Kier alpha value is -1.81. The molecule has 0 spiro atoms. The fraction of sp³-hybridized carbons (Fsp3) is 0.267. The molecule has 3 nitrogen and oxygen atoms in total. The number of carbonyl (C=O) groups is 1. The van der Waals surface area contributed by atoms with Gasteiger partial charge >= 0.3 is 0 Å². The van der Waals surface area contributed by atoms with Gasteiger partial charge in [-0.15, -0.1) is 11.3 Å². The highest BCUT2D eigenvalue weighted by Crippen LogP contribution is 2.18. The molecule has 1 amide bonds. The summed E-state index contributed by atoms with van der Waals surface area (Å²) in [5.41, 5.74) is 1.71. The van der Waals surface area contributed by atoms with Crippen LogP contribution in [0.5, 0.6) is 5.75 Å². The van der Waals surface area contributed by atoms with Gasteiger partial charge < -0.3 is 10.1 Å². The van der Waals surface area contributed by atoms with E-state index in [0.29, 0.717) is 6.54 Å². The van der Waals surface area contributed by atoms with Crippen LogP contribution in [0, 0.1) is 0 Å². The first-order valence-corrected chi connectivity index (χ1v) is 7.10. The summed E-state index contributed by atoms with van der Waals surface area (Å²) in [6.45, 7) is 2.56. The van der Waals surface area contributed by atoms with E-state index in [-0.39, 0.29) is 5.91 Å². The Morgan fingerprint density at radius 1 is 1.37 bits per heavy atom. The number of benzene rings is 1. The summed E-state index contributed by atoms with van der Waals surface area (Å²) >= 11 is 1.62. The SMILES string of the molecule is CCc1cc(C(=O)NCc2ccccc2OC)cs1. The first-order valence-electron chi connectivity index (χ1n) is 6.22. The lowest BCUT2D eigenvalue weighted by atomic mass is 10.2. The first-order chi connectivity index (χ1) is 9.24. The maximum Gasteiger partial charge on any atom is 0.252 e. The fourth-order valence-corrected chi connectivity index (χ4v) is 2.63. The Bertz CT molecular complexity index is 563. The highest BCUT2D eigenvalue weighted by atomic mass is 32.1. The number of hydrogen-bond donors (Lipinski definition) is 1. The summed E-state index contributed by atoms with van der Waals surface area (Å²) in [4.78, 5) is 13.2. The maximum atomic E-state index is 12.0. The van der Waals surface area contributed by atoms with Gasteiger partial charge in [-0.1, -0.05) is 25.1 Å². The van der Waals surface area contributed by atoms with Crippen molar-refractivity contribution in [2.45, 2.75) is 19.9 Å². The van der Waals surface area contributed by atoms with Crippen molar-refractivity contribution >= 4 is 17.2 Å². The van der Waals surface area contributed by atoms with Crippen molar-refractivity contribution in [1.29, 1.82) is 0 Å². The molecule has 0 saturated heterocycles. The Morgan fingerprint density at radius 2 is 2.16 bits per heavy atom. The second kappa shape index (κ2) is 6.38. The quantitative estimate of drug-likeness (QED) is 0.909. The molecule has 0 radical (unpaired) electrons. The van der Waals surface area contributed by atoms with Crippen LogP contribution in [-0.2, 0) is 13.0 Å². The highest BCUT2D eigenvalue weighted by Gasteiger charge is 2.09. The summed E-state index contributed by atoms with van der Waals surface area (Å²) in [6, 6.07) is 9.63. The van der Waals surface area contributed by atoms with Crippen LogP contribution in [0.15, 0.2) is 35.7 Å². The van der Waals surface area contributed by atoms with Crippen LogP contribution in [0.4, 0.5) is 0 Å². The van der Waals surface area contributed by atoms with Crippen molar-refractivity contribution in [3.63, 3.8) is 0 Å². The van der Waals surface area contributed by atoms with Gasteiger partial charge in [-0.2, -0.15) is 0 Å². The van der Waals surface area contributed by atoms with Crippen molar-refractivity contribution in [3.8, 4) is 5.75 Å². The first kappa shape index (κ1) is 13.6. The van der Waals surface area contributed by atoms with Crippen LogP contribution in [0.2, 0.25) is 0 Å². The molecule has 0 fully saturated rings. The van der Waals surface area contributed by atoms with Crippen molar-refractivity contribution in [3.05, 3.63) is 51.7 Å². The van der Waals surface area contributed by atoms with E-state index in [1.807, 2.05) is 35.7 Å². The minimum absolute atomic E-state index is 0.0399. The molecule has 1 aromatic heterocycles. The van der Waals surface area contributed by atoms with Gasteiger partial charge in [-0.3, -0.25) is 4.79 Å². The fourth-order valence-electron chi connectivity index (χ4n) is 1.81. The van der Waals surface area contributed by atoms with Crippen molar-refractivity contribution in [2.75, 3.05) is 7.11 Å². The minimum atomic E-state index is -0.0399. The largest absolute Gasteiger partial charge is 0.496 e. The molecule has 0 aliphatic heterocycles. The van der Waals surface area contributed by atoms with E-state index in [1.165, 1.54) is 4.88 Å². The van der Waals surface area contributed by atoms with Gasteiger partial charge in [-0.25, -0.2) is 0 Å². The molecule has 1 aromatic carbocycles. The number of aryl methyl sites for hydroxylation is 1. The highest BCUT2D eigenvalue weighted by molar-refractivity contribution is 7.10. The summed E-state index contributed by atoms with van der Waals surface area (Å²) in [5.74, 6) is 0.754. The maximum absolute atomic E-state index is 12.0. The molecule has 2 rings (SSSR count). The van der Waals surface area contributed by atoms with E-state index >= 15 is 0 Å². The summed E-state index contributed by atoms with van der Waals surface area (Å²) in [5, 5.41) is 4.81. The standard InChI is InChI=1S/C15H17NO2S/c1-3-13-8-12(10-19-13)15(17)16-9-11-6-4-5-7-14(11)18-2/h4-8,10H,3,9H2,1-2H3,(H,16,17). The topological polar surface area (TPSA) is 38.3 Å². The van der Waals surface area contributed by atoms with E-state index < -0.39 is 0 Å². The third kappa shape index (κ3) is 3.35. The third-order valence-corrected chi connectivity index (χ3v) is 3.98. The van der Waals surface area contributed by atoms with Gasteiger partial charge in [0.1, 0.15) is 5.75 Å². The lowest BCUT2D eigenvalue weighted by molar-refractivity contribution is 0.0951. The molecule has 1 N–H and O–H groups in total. The number of thiophene rings is 1. The van der Waals surface area contributed by atoms with Crippen molar-refractivity contribution < 1.29 is 9.53 Å². The zero-order valence-corrected chi connectivity index (χ0v) is 11.9. The van der Waals surface area contributed by atoms with Gasteiger partial charge in [0, 0.05) is 22.4 Å². The molecular weight excluding hydrogens is 258 g/mol. The summed E-state index contributed by atoms with van der Waals surface area (Å²) < 4.78 is 5.26. The van der Waals surface area contributed by atoms with Gasteiger partial charge in [0.25, 0.3) is 5.91 Å². The average molecular weight is 275 g/mol. The summed E-state index contributed by atoms with van der Waals surface area (Å²) in [7, 11) is 1.63. The van der Waals surface area contributed by atoms with Gasteiger partial charge in [0.15, 0.2) is 0 Å². The van der Waals surface area contributed by atoms with E-state index in [9.17, 15) is 4.79 Å². The minimum Gasteiger partial charge on any atom is -0.496 e. The Morgan fingerprint density at radius 3 is 2.84 bits per heavy atom. The number of methoxy groups -OCH3 is 1. The third-order valence-electron chi connectivity index (χ3n) is 2.90. The lowest BCUT2D eigenvalue weighted by Gasteiger charge is -2.08. The Kier molecular flexibility index (Phi) is 4.58. The van der Waals surface area contributed by atoms with Gasteiger partial charge in [0.05, 0.1) is 12.7 Å². The Balaban J connectivity index is 2.00. The molecule has 0 unspecified atom stereocenters. The molecule has 19 heavy (non-hydrogen) atoms. The number of nitrogens with one attached hydrogen (secondary N) is 1. The van der Waals surface area contributed by atoms with Crippen LogP contribution in [0.25, 0.3) is 0 Å². The molecule has 0 aliphatic rings. The Labute approximate surface area is 117 Å². The van der Waals surface area contributed by atoms with E-state index in [1.54, 1.807) is 18.4 Å². The van der Waals surface area contributed by atoms with E-state index in [4.69, 9.17) is 4.74 Å². The lowest BCUT2D eigenvalue weighted by Crippen LogP contribution is -2.22. The van der Waals surface area contributed by atoms with Crippen LogP contribution in [-0.4, -0.2) is 13.0 Å². The van der Waals surface area contributed by atoms with Crippen LogP contribution in [0.1, 0.15) is 27.7 Å². The normalized spacial score (nSPS) is 10.2. The molecule has 100 valence electrons. The number of rotatable bonds is 5. The molecule has 0 saturated carbocycles. The number of amides is 1. The van der Waals surface area contributed by atoms with Crippen LogP contribution in [0.3, 0.4) is 0 Å². The predicted molar refractivity (Wildman–Crippen MR) is 77.9 cm³/mol. The average Bonchev–Trinajstić information content (AvgIpc) is 2.94. The van der Waals surface area contributed by atoms with Crippen LogP contribution < -0.4 is 10.1 Å². The molecule has 0 aliphatic carbocycles. The van der Waals surface area contributed by atoms with Crippen molar-refractivity contribution in [2.24, 2.45) is 0 Å². The van der Waals surface area contributed by atoms with Gasteiger partial charge in [-0.05, 0) is 18.6 Å². The number of hydrogen-bond acceptors (Lipinski definition) is 3. The second-order valence-electron chi connectivity index (χ2n) is 4.15. The number of ether oxygens (including phenoxy) is 1. The number of para-hydroxylation sites is 1. The predicted octanol–water partition coefficient (Wildman–Crippen LogP) is 3.25. The van der Waals surface area contributed by atoms with Crippen molar-refractivity contribution in [1.82, 2.24) is 5.32 Å². The second-order valence-corrected chi connectivity index (χ2v) is 5.15. The zero-order chi connectivity index (χ0) is 13.7. The van der Waals surface area contributed by atoms with E-state index in [2.05, 4.69) is 12.2 Å². The summed E-state index contributed by atoms with van der Waals surface area (Å²) in [6.07, 6.45) is 0.963. The number of carbonyl (C=O) groups excluding carboxylic acids is 1. The monoisotopic (exact) mass is 275 g/mol. The molecule has 4 heteroatoms. The molecule has 2 aromatic rings. The zero-order valence-electron chi connectivity index (χ0n) is 11.1. The molecule has 1 heterocycles. The van der Waals surface area contributed by atoms with Crippen LogP contribution >= 0.6 is 11.3 Å².